The van der Waals surface area contributed by atoms with Crippen molar-refractivity contribution in [1.29, 1.82) is 0 Å². The standard InChI is InChI=1S/C19H31N3O2.HI/c1-3-16(17-8-5-4-6-9-17)14-22-19(20-2)21-11-7-12-24-18-10-13-23-15-18;/h4-6,8-9,16,18H,3,7,10-15H2,1-2H3,(H2,20,21,22);1H. The molecule has 2 unspecified atom stereocenters. The second-order valence-electron chi connectivity index (χ2n) is 6.11. The summed E-state index contributed by atoms with van der Waals surface area (Å²) in [7, 11) is 1.81. The number of rotatable bonds is 9. The van der Waals surface area contributed by atoms with Crippen molar-refractivity contribution >= 4 is 29.9 Å². The Hall–Kier alpha value is -0.860. The third-order valence-corrected chi connectivity index (χ3v) is 4.36. The molecule has 1 saturated heterocycles. The molecule has 0 amide bonds. The largest absolute Gasteiger partial charge is 0.379 e. The number of guanidine groups is 1. The van der Waals surface area contributed by atoms with E-state index >= 15 is 0 Å². The van der Waals surface area contributed by atoms with Gasteiger partial charge in [-0.3, -0.25) is 4.99 Å². The molecule has 1 aromatic rings. The van der Waals surface area contributed by atoms with E-state index in [1.807, 2.05) is 7.05 Å². The first-order chi connectivity index (χ1) is 11.8. The highest BCUT2D eigenvalue weighted by Gasteiger charge is 2.15. The summed E-state index contributed by atoms with van der Waals surface area (Å²) in [6, 6.07) is 10.6. The first-order valence-electron chi connectivity index (χ1n) is 9.02. The van der Waals surface area contributed by atoms with Gasteiger partial charge in [-0.1, -0.05) is 37.3 Å². The fourth-order valence-electron chi connectivity index (χ4n) is 2.84. The van der Waals surface area contributed by atoms with Gasteiger partial charge in [-0.05, 0) is 24.8 Å². The van der Waals surface area contributed by atoms with E-state index in [1.165, 1.54) is 5.56 Å². The van der Waals surface area contributed by atoms with Crippen LogP contribution in [0.5, 0.6) is 0 Å². The van der Waals surface area contributed by atoms with E-state index in [1.54, 1.807) is 0 Å². The van der Waals surface area contributed by atoms with Gasteiger partial charge < -0.3 is 20.1 Å². The van der Waals surface area contributed by atoms with Crippen LogP contribution in [0, 0.1) is 0 Å². The van der Waals surface area contributed by atoms with Crippen LogP contribution in [0.4, 0.5) is 0 Å². The molecule has 2 atom stereocenters. The van der Waals surface area contributed by atoms with Crippen molar-refractivity contribution in [3.05, 3.63) is 35.9 Å². The Kier molecular flexibility index (Phi) is 11.9. The number of halogens is 1. The Bertz CT molecular complexity index is 479. The van der Waals surface area contributed by atoms with E-state index in [0.29, 0.717) is 12.0 Å². The lowest BCUT2D eigenvalue weighted by Gasteiger charge is -2.18. The predicted octanol–water partition coefficient (Wildman–Crippen LogP) is 3.16. The second-order valence-corrected chi connectivity index (χ2v) is 6.11. The number of hydrogen-bond acceptors (Lipinski definition) is 3. The van der Waals surface area contributed by atoms with Crippen LogP contribution in [0.2, 0.25) is 0 Å². The van der Waals surface area contributed by atoms with Crippen molar-refractivity contribution < 1.29 is 9.47 Å². The molecule has 5 nitrogen and oxygen atoms in total. The van der Waals surface area contributed by atoms with E-state index < -0.39 is 0 Å². The van der Waals surface area contributed by atoms with Gasteiger partial charge in [0, 0.05) is 39.3 Å². The third-order valence-electron chi connectivity index (χ3n) is 4.36. The molecule has 142 valence electrons. The molecule has 1 fully saturated rings. The third kappa shape index (κ3) is 8.37. The molecule has 0 aromatic heterocycles. The van der Waals surface area contributed by atoms with E-state index in [2.05, 4.69) is 52.9 Å². The lowest BCUT2D eigenvalue weighted by Crippen LogP contribution is -2.40. The Balaban J connectivity index is 0.00000312. The molecular weight excluding hydrogens is 429 g/mol. The average molecular weight is 461 g/mol. The molecule has 1 aliphatic heterocycles. The van der Waals surface area contributed by atoms with Crippen LogP contribution in [-0.4, -0.2) is 52.0 Å². The summed E-state index contributed by atoms with van der Waals surface area (Å²) in [6.07, 6.45) is 3.38. The lowest BCUT2D eigenvalue weighted by molar-refractivity contribution is 0.0420. The number of ether oxygens (including phenoxy) is 2. The van der Waals surface area contributed by atoms with Crippen molar-refractivity contribution in [2.45, 2.75) is 38.2 Å². The fraction of sp³-hybridized carbons (Fsp3) is 0.632. The highest BCUT2D eigenvalue weighted by Crippen LogP contribution is 2.17. The molecule has 6 heteroatoms. The molecule has 25 heavy (non-hydrogen) atoms. The Morgan fingerprint density at radius 2 is 2.12 bits per heavy atom. The summed E-state index contributed by atoms with van der Waals surface area (Å²) in [5, 5.41) is 6.78. The smallest absolute Gasteiger partial charge is 0.190 e. The minimum atomic E-state index is 0. The zero-order valence-electron chi connectivity index (χ0n) is 15.4. The Labute approximate surface area is 169 Å². The van der Waals surface area contributed by atoms with Gasteiger partial charge in [0.2, 0.25) is 0 Å². The van der Waals surface area contributed by atoms with Crippen molar-refractivity contribution in [1.82, 2.24) is 10.6 Å². The zero-order chi connectivity index (χ0) is 17.0. The summed E-state index contributed by atoms with van der Waals surface area (Å²) in [4.78, 5) is 4.30. The SMILES string of the molecule is CCC(CNC(=NC)NCCCOC1CCOC1)c1ccccc1.I. The molecule has 0 aliphatic carbocycles. The van der Waals surface area contributed by atoms with Crippen LogP contribution in [0.3, 0.4) is 0 Å². The highest BCUT2D eigenvalue weighted by atomic mass is 127. The van der Waals surface area contributed by atoms with E-state index in [9.17, 15) is 0 Å². The van der Waals surface area contributed by atoms with E-state index in [0.717, 1.165) is 58.1 Å². The lowest BCUT2D eigenvalue weighted by atomic mass is 9.97. The van der Waals surface area contributed by atoms with Crippen molar-refractivity contribution in [3.63, 3.8) is 0 Å². The van der Waals surface area contributed by atoms with Crippen molar-refractivity contribution in [2.75, 3.05) is 40.0 Å². The molecule has 1 heterocycles. The molecule has 1 aliphatic rings. The minimum absolute atomic E-state index is 0. The summed E-state index contributed by atoms with van der Waals surface area (Å²) in [6.45, 7) is 6.30. The summed E-state index contributed by atoms with van der Waals surface area (Å²) < 4.78 is 11.1. The molecule has 0 saturated carbocycles. The number of hydrogen-bond donors (Lipinski definition) is 2. The Morgan fingerprint density at radius 1 is 1.32 bits per heavy atom. The number of nitrogens with one attached hydrogen (secondary N) is 2. The number of aliphatic imine (C=N–C) groups is 1. The zero-order valence-corrected chi connectivity index (χ0v) is 17.7. The van der Waals surface area contributed by atoms with Crippen LogP contribution in [-0.2, 0) is 9.47 Å². The Morgan fingerprint density at radius 3 is 2.76 bits per heavy atom. The van der Waals surface area contributed by atoms with Gasteiger partial charge >= 0.3 is 0 Å². The molecule has 1 aromatic carbocycles. The normalized spacial score (nSPS) is 18.5. The van der Waals surface area contributed by atoms with Crippen LogP contribution in [0.1, 0.15) is 37.7 Å². The van der Waals surface area contributed by atoms with Gasteiger partial charge in [-0.25, -0.2) is 0 Å². The first kappa shape index (κ1) is 22.2. The van der Waals surface area contributed by atoms with Crippen LogP contribution >= 0.6 is 24.0 Å². The predicted molar refractivity (Wildman–Crippen MR) is 114 cm³/mol. The monoisotopic (exact) mass is 461 g/mol. The van der Waals surface area contributed by atoms with Gasteiger partial charge in [0.25, 0.3) is 0 Å². The summed E-state index contributed by atoms with van der Waals surface area (Å²) >= 11 is 0. The highest BCUT2D eigenvalue weighted by molar-refractivity contribution is 14.0. The molecular formula is C19H32IN3O2. The first-order valence-corrected chi connectivity index (χ1v) is 9.02. The maximum atomic E-state index is 5.77. The van der Waals surface area contributed by atoms with E-state index in [-0.39, 0.29) is 24.0 Å². The number of benzene rings is 1. The molecule has 2 rings (SSSR count). The topological polar surface area (TPSA) is 54.9 Å². The van der Waals surface area contributed by atoms with Crippen LogP contribution in [0.15, 0.2) is 35.3 Å². The van der Waals surface area contributed by atoms with Gasteiger partial charge in [0.15, 0.2) is 5.96 Å². The van der Waals surface area contributed by atoms with Crippen molar-refractivity contribution in [3.8, 4) is 0 Å². The summed E-state index contributed by atoms with van der Waals surface area (Å²) in [5.41, 5.74) is 1.37. The minimum Gasteiger partial charge on any atom is -0.379 e. The maximum Gasteiger partial charge on any atom is 0.190 e. The van der Waals surface area contributed by atoms with Crippen molar-refractivity contribution in [2.24, 2.45) is 4.99 Å². The van der Waals surface area contributed by atoms with Gasteiger partial charge in [-0.2, -0.15) is 0 Å². The molecule has 0 radical (unpaired) electrons. The average Bonchev–Trinajstić information content (AvgIpc) is 3.14. The molecule has 0 bridgehead atoms. The number of nitrogens with zero attached hydrogens (tertiary/aromatic N) is 1. The van der Waals surface area contributed by atoms with Crippen LogP contribution < -0.4 is 10.6 Å². The van der Waals surface area contributed by atoms with Crippen LogP contribution in [0.25, 0.3) is 0 Å². The quantitative estimate of drug-likeness (QED) is 0.257. The van der Waals surface area contributed by atoms with E-state index in [4.69, 9.17) is 9.47 Å². The van der Waals surface area contributed by atoms with Gasteiger partial charge in [-0.15, -0.1) is 24.0 Å². The summed E-state index contributed by atoms with van der Waals surface area (Å²) in [5.74, 6) is 1.35. The fourth-order valence-corrected chi connectivity index (χ4v) is 2.84. The second kappa shape index (κ2) is 13.4. The maximum absolute atomic E-state index is 5.77. The molecule has 2 N–H and O–H groups in total. The van der Waals surface area contributed by atoms with Gasteiger partial charge in [0.1, 0.15) is 0 Å². The molecule has 0 spiro atoms. The van der Waals surface area contributed by atoms with Gasteiger partial charge in [0.05, 0.1) is 12.7 Å².